The molecule has 3 aromatic carbocycles. The molecule has 0 unspecified atom stereocenters. The third kappa shape index (κ3) is 5.87. The zero-order chi connectivity index (χ0) is 23.9. The second-order valence-electron chi connectivity index (χ2n) is 7.25. The van der Waals surface area contributed by atoms with Crippen LogP contribution in [0, 0.1) is 0 Å². The van der Waals surface area contributed by atoms with Gasteiger partial charge in [0.05, 0.1) is 30.5 Å². The van der Waals surface area contributed by atoms with Gasteiger partial charge in [0, 0.05) is 23.0 Å². The Hall–Kier alpha value is -3.98. The number of amides is 2. The van der Waals surface area contributed by atoms with Crippen molar-refractivity contribution in [1.82, 2.24) is 9.97 Å². The average molecular weight is 477 g/mol. The van der Waals surface area contributed by atoms with Gasteiger partial charge >= 0.3 is 0 Å². The molecule has 4 rings (SSSR count). The molecule has 0 aliphatic heterocycles. The maximum atomic E-state index is 12.5. The van der Waals surface area contributed by atoms with E-state index in [1.165, 1.54) is 11.8 Å². The summed E-state index contributed by atoms with van der Waals surface area (Å²) < 4.78 is 10.6. The van der Waals surface area contributed by atoms with Gasteiger partial charge in [-0.1, -0.05) is 11.8 Å². The molecule has 0 radical (unpaired) electrons. The fourth-order valence-corrected chi connectivity index (χ4v) is 3.89. The van der Waals surface area contributed by atoms with Crippen LogP contribution in [-0.4, -0.2) is 41.3 Å². The van der Waals surface area contributed by atoms with E-state index in [0.29, 0.717) is 28.7 Å². The first kappa shape index (κ1) is 23.2. The number of anilines is 2. The van der Waals surface area contributed by atoms with Crippen LogP contribution < -0.4 is 20.1 Å². The van der Waals surface area contributed by atoms with Gasteiger partial charge in [-0.3, -0.25) is 9.59 Å². The number of nitrogens with one attached hydrogen (secondary N) is 3. The quantitative estimate of drug-likeness (QED) is 0.295. The summed E-state index contributed by atoms with van der Waals surface area (Å²) in [5, 5.41) is 6.32. The van der Waals surface area contributed by atoms with Crippen LogP contribution >= 0.6 is 11.8 Å². The molecule has 0 aliphatic rings. The molecule has 3 N–H and O–H groups in total. The minimum Gasteiger partial charge on any atom is -0.497 e. The Morgan fingerprint density at radius 2 is 1.62 bits per heavy atom. The van der Waals surface area contributed by atoms with Gasteiger partial charge in [-0.15, -0.1) is 0 Å². The van der Waals surface area contributed by atoms with Crippen molar-refractivity contribution in [3.8, 4) is 11.5 Å². The number of carbonyl (C=O) groups excluding carboxylic acids is 2. The van der Waals surface area contributed by atoms with Gasteiger partial charge in [0.2, 0.25) is 5.91 Å². The molecule has 0 fully saturated rings. The molecule has 8 nitrogen and oxygen atoms in total. The second kappa shape index (κ2) is 10.8. The second-order valence-corrected chi connectivity index (χ2v) is 8.21. The van der Waals surface area contributed by atoms with Gasteiger partial charge in [-0.25, -0.2) is 4.98 Å². The van der Waals surface area contributed by atoms with E-state index >= 15 is 0 Å². The highest BCUT2D eigenvalue weighted by molar-refractivity contribution is 7.99. The molecule has 2 amide bonds. The molecule has 0 saturated heterocycles. The predicted octanol–water partition coefficient (Wildman–Crippen LogP) is 4.95. The number of ether oxygens (including phenoxy) is 2. The van der Waals surface area contributed by atoms with Crippen molar-refractivity contribution in [3.63, 3.8) is 0 Å². The van der Waals surface area contributed by atoms with E-state index in [9.17, 15) is 9.59 Å². The summed E-state index contributed by atoms with van der Waals surface area (Å²) in [4.78, 5) is 32.5. The fourth-order valence-electron chi connectivity index (χ4n) is 3.20. The molecule has 0 saturated carbocycles. The van der Waals surface area contributed by atoms with E-state index in [2.05, 4.69) is 20.6 Å². The first-order chi connectivity index (χ1) is 16.5. The van der Waals surface area contributed by atoms with Crippen molar-refractivity contribution in [2.75, 3.05) is 30.1 Å². The summed E-state index contributed by atoms with van der Waals surface area (Å²) in [5.41, 5.74) is 3.42. The molecule has 0 aliphatic carbocycles. The minimum absolute atomic E-state index is 0.172. The number of nitrogens with zero attached hydrogens (tertiary/aromatic N) is 1. The molecular formula is C25H24N4O4S. The van der Waals surface area contributed by atoms with E-state index < -0.39 is 0 Å². The van der Waals surface area contributed by atoms with Gasteiger partial charge < -0.3 is 25.1 Å². The van der Waals surface area contributed by atoms with Crippen LogP contribution in [0.2, 0.25) is 0 Å². The maximum Gasteiger partial charge on any atom is 0.255 e. The van der Waals surface area contributed by atoms with Crippen LogP contribution in [-0.2, 0) is 4.79 Å². The van der Waals surface area contributed by atoms with E-state index in [1.54, 1.807) is 55.6 Å². The van der Waals surface area contributed by atoms with Crippen molar-refractivity contribution in [3.05, 3.63) is 72.3 Å². The zero-order valence-electron chi connectivity index (χ0n) is 18.8. The lowest BCUT2D eigenvalue weighted by molar-refractivity contribution is -0.113. The molecular weight excluding hydrogens is 452 g/mol. The lowest BCUT2D eigenvalue weighted by atomic mass is 10.2. The highest BCUT2D eigenvalue weighted by atomic mass is 32.2. The Kier molecular flexibility index (Phi) is 7.34. The standard InChI is InChI=1S/C25H24N4O4S/c1-3-33-19-10-8-18(9-11-19)27-24(31)16-4-6-17(7-5-16)26-23(30)15-34-25-28-21-13-12-20(32-2)14-22(21)29-25/h4-14H,3,15H2,1-2H3,(H,26,30)(H,27,31)(H,28,29). The molecule has 0 spiro atoms. The highest BCUT2D eigenvalue weighted by Crippen LogP contribution is 2.23. The normalized spacial score (nSPS) is 10.6. The van der Waals surface area contributed by atoms with Crippen LogP contribution in [0.1, 0.15) is 17.3 Å². The number of hydrogen-bond donors (Lipinski definition) is 3. The van der Waals surface area contributed by atoms with Gasteiger partial charge in [0.25, 0.3) is 5.91 Å². The SMILES string of the molecule is CCOc1ccc(NC(=O)c2ccc(NC(=O)CSc3nc4ccc(OC)cc4[nH]3)cc2)cc1. The molecule has 1 aromatic heterocycles. The van der Waals surface area contributed by atoms with Gasteiger partial charge in [-0.2, -0.15) is 0 Å². The minimum atomic E-state index is -0.237. The van der Waals surface area contributed by atoms with E-state index in [0.717, 1.165) is 22.5 Å². The number of imidazole rings is 1. The van der Waals surface area contributed by atoms with Crippen molar-refractivity contribution in [2.45, 2.75) is 12.1 Å². The average Bonchev–Trinajstić information content (AvgIpc) is 3.26. The summed E-state index contributed by atoms with van der Waals surface area (Å²) in [6.07, 6.45) is 0. The van der Waals surface area contributed by atoms with Crippen LogP contribution in [0.4, 0.5) is 11.4 Å². The van der Waals surface area contributed by atoms with Crippen LogP contribution in [0.25, 0.3) is 11.0 Å². The van der Waals surface area contributed by atoms with E-state index in [1.807, 2.05) is 25.1 Å². The molecule has 0 atom stereocenters. The Morgan fingerprint density at radius 3 is 2.32 bits per heavy atom. The molecule has 4 aromatic rings. The number of rotatable bonds is 9. The number of aromatic amines is 1. The molecule has 9 heteroatoms. The van der Waals surface area contributed by atoms with Crippen molar-refractivity contribution >= 4 is 46.0 Å². The number of fused-ring (bicyclic) bond motifs is 1. The maximum absolute atomic E-state index is 12.5. The van der Waals surface area contributed by atoms with E-state index in [-0.39, 0.29) is 17.6 Å². The Balaban J connectivity index is 1.28. The third-order valence-electron chi connectivity index (χ3n) is 4.86. The summed E-state index contributed by atoms with van der Waals surface area (Å²) in [7, 11) is 1.61. The van der Waals surface area contributed by atoms with Gasteiger partial charge in [0.1, 0.15) is 11.5 Å². The highest BCUT2D eigenvalue weighted by Gasteiger charge is 2.10. The Labute approximate surface area is 201 Å². The monoisotopic (exact) mass is 476 g/mol. The summed E-state index contributed by atoms with van der Waals surface area (Å²) >= 11 is 1.31. The fraction of sp³-hybridized carbons (Fsp3) is 0.160. The number of aromatic nitrogens is 2. The summed E-state index contributed by atoms with van der Waals surface area (Å²) in [6, 6.07) is 19.5. The largest absolute Gasteiger partial charge is 0.497 e. The van der Waals surface area contributed by atoms with E-state index in [4.69, 9.17) is 9.47 Å². The molecule has 174 valence electrons. The first-order valence-corrected chi connectivity index (χ1v) is 11.6. The number of benzene rings is 3. The number of thioether (sulfide) groups is 1. The Morgan fingerprint density at radius 1 is 0.941 bits per heavy atom. The predicted molar refractivity (Wildman–Crippen MR) is 134 cm³/mol. The number of H-pyrrole nitrogens is 1. The van der Waals surface area contributed by atoms with Crippen LogP contribution in [0.3, 0.4) is 0 Å². The lowest BCUT2D eigenvalue weighted by Gasteiger charge is -2.08. The molecule has 0 bridgehead atoms. The van der Waals surface area contributed by atoms with Gasteiger partial charge in [0.15, 0.2) is 5.16 Å². The molecule has 34 heavy (non-hydrogen) atoms. The lowest BCUT2D eigenvalue weighted by Crippen LogP contribution is -2.15. The van der Waals surface area contributed by atoms with Crippen molar-refractivity contribution < 1.29 is 19.1 Å². The van der Waals surface area contributed by atoms with Crippen LogP contribution in [0.5, 0.6) is 11.5 Å². The smallest absolute Gasteiger partial charge is 0.255 e. The topological polar surface area (TPSA) is 105 Å². The number of carbonyl (C=O) groups is 2. The van der Waals surface area contributed by atoms with Crippen LogP contribution in [0.15, 0.2) is 71.9 Å². The van der Waals surface area contributed by atoms with Crippen molar-refractivity contribution in [2.24, 2.45) is 0 Å². The first-order valence-electron chi connectivity index (χ1n) is 10.6. The Bertz CT molecular complexity index is 1290. The zero-order valence-corrected chi connectivity index (χ0v) is 19.6. The third-order valence-corrected chi connectivity index (χ3v) is 5.73. The van der Waals surface area contributed by atoms with Gasteiger partial charge in [-0.05, 0) is 67.6 Å². The number of methoxy groups -OCH3 is 1. The summed E-state index contributed by atoms with van der Waals surface area (Å²) in [5.74, 6) is 1.27. The summed E-state index contributed by atoms with van der Waals surface area (Å²) in [6.45, 7) is 2.50. The number of hydrogen-bond acceptors (Lipinski definition) is 6. The molecule has 1 heterocycles. The van der Waals surface area contributed by atoms with Crippen molar-refractivity contribution in [1.29, 1.82) is 0 Å².